The van der Waals surface area contributed by atoms with Crippen LogP contribution in [0.3, 0.4) is 0 Å². The van der Waals surface area contributed by atoms with Crippen LogP contribution in [-0.2, 0) is 0 Å². The van der Waals surface area contributed by atoms with Gasteiger partial charge in [0, 0.05) is 11.6 Å². The number of carbonyl (C=O) groups excluding carboxylic acids is 1. The molecule has 0 atom stereocenters. The van der Waals surface area contributed by atoms with Crippen LogP contribution in [0.1, 0.15) is 10.4 Å². The lowest BCUT2D eigenvalue weighted by molar-refractivity contribution is 0.101. The number of rotatable bonds is 2. The highest BCUT2D eigenvalue weighted by molar-refractivity contribution is 7.13. The van der Waals surface area contributed by atoms with Gasteiger partial charge in [-0.25, -0.2) is 13.8 Å². The average molecular weight is 255 g/mol. The van der Waals surface area contributed by atoms with Crippen molar-refractivity contribution in [2.45, 2.75) is 0 Å². The van der Waals surface area contributed by atoms with Crippen LogP contribution in [-0.4, -0.2) is 10.9 Å². The van der Waals surface area contributed by atoms with Gasteiger partial charge in [-0.2, -0.15) is 0 Å². The summed E-state index contributed by atoms with van der Waals surface area (Å²) in [7, 11) is 0. The molecule has 4 nitrogen and oxygen atoms in total. The largest absolute Gasteiger partial charge is 0.396 e. The number of nitrogens with one attached hydrogen (secondary N) is 1. The average Bonchev–Trinajstić information content (AvgIpc) is 2.77. The van der Waals surface area contributed by atoms with Gasteiger partial charge in [-0.15, -0.1) is 11.3 Å². The molecule has 0 unspecified atom stereocenters. The SMILES string of the molecule is Nc1ccc(F)c(C(=O)Nc2nccs2)c1F. The predicted molar refractivity (Wildman–Crippen MR) is 60.8 cm³/mol. The van der Waals surface area contributed by atoms with Crippen molar-refractivity contribution < 1.29 is 13.6 Å². The van der Waals surface area contributed by atoms with Crippen molar-refractivity contribution in [3.05, 3.63) is 40.9 Å². The van der Waals surface area contributed by atoms with E-state index >= 15 is 0 Å². The number of nitrogen functional groups attached to an aromatic ring is 1. The third-order valence-electron chi connectivity index (χ3n) is 2.00. The van der Waals surface area contributed by atoms with Gasteiger partial charge in [-0.3, -0.25) is 10.1 Å². The lowest BCUT2D eigenvalue weighted by Crippen LogP contribution is -2.16. The van der Waals surface area contributed by atoms with Gasteiger partial charge in [-0.1, -0.05) is 0 Å². The van der Waals surface area contributed by atoms with Gasteiger partial charge < -0.3 is 5.73 Å². The Labute approximate surface area is 99.1 Å². The summed E-state index contributed by atoms with van der Waals surface area (Å²) >= 11 is 1.14. The summed E-state index contributed by atoms with van der Waals surface area (Å²) in [5.74, 6) is -2.95. The second-order valence-corrected chi connectivity index (χ2v) is 4.01. The van der Waals surface area contributed by atoms with Gasteiger partial charge in [0.25, 0.3) is 5.91 Å². The van der Waals surface area contributed by atoms with Crippen molar-refractivity contribution in [1.82, 2.24) is 4.98 Å². The number of nitrogens with zero attached hydrogens (tertiary/aromatic N) is 1. The first kappa shape index (κ1) is 11.5. The van der Waals surface area contributed by atoms with Crippen LogP contribution >= 0.6 is 11.3 Å². The zero-order valence-electron chi connectivity index (χ0n) is 8.41. The van der Waals surface area contributed by atoms with E-state index in [9.17, 15) is 13.6 Å². The molecule has 1 heterocycles. The fourth-order valence-electron chi connectivity index (χ4n) is 1.22. The van der Waals surface area contributed by atoms with E-state index in [-0.39, 0.29) is 10.8 Å². The molecule has 0 spiro atoms. The number of halogens is 2. The Morgan fingerprint density at radius 3 is 2.82 bits per heavy atom. The number of anilines is 2. The molecule has 1 aromatic carbocycles. The van der Waals surface area contributed by atoms with Gasteiger partial charge in [0.05, 0.1) is 5.69 Å². The predicted octanol–water partition coefficient (Wildman–Crippen LogP) is 2.26. The quantitative estimate of drug-likeness (QED) is 0.809. The number of thiazole rings is 1. The topological polar surface area (TPSA) is 68.0 Å². The van der Waals surface area contributed by atoms with E-state index in [0.29, 0.717) is 0 Å². The van der Waals surface area contributed by atoms with Crippen molar-refractivity contribution in [2.24, 2.45) is 0 Å². The molecular formula is C10H7F2N3OS. The van der Waals surface area contributed by atoms with Gasteiger partial charge >= 0.3 is 0 Å². The summed E-state index contributed by atoms with van der Waals surface area (Å²) in [4.78, 5) is 15.4. The molecule has 3 N–H and O–H groups in total. The third-order valence-corrected chi connectivity index (χ3v) is 2.69. The second kappa shape index (κ2) is 4.46. The molecule has 0 aliphatic heterocycles. The molecule has 0 aliphatic carbocycles. The van der Waals surface area contributed by atoms with Crippen LogP contribution < -0.4 is 11.1 Å². The number of hydrogen-bond acceptors (Lipinski definition) is 4. The Morgan fingerprint density at radius 2 is 2.18 bits per heavy atom. The zero-order chi connectivity index (χ0) is 12.4. The monoisotopic (exact) mass is 255 g/mol. The van der Waals surface area contributed by atoms with E-state index in [0.717, 1.165) is 23.5 Å². The molecule has 0 fully saturated rings. The number of hydrogen-bond donors (Lipinski definition) is 2. The number of benzene rings is 1. The summed E-state index contributed by atoms with van der Waals surface area (Å²) in [6.07, 6.45) is 1.46. The highest BCUT2D eigenvalue weighted by Gasteiger charge is 2.20. The highest BCUT2D eigenvalue weighted by atomic mass is 32.1. The van der Waals surface area contributed by atoms with Crippen LogP contribution in [0.5, 0.6) is 0 Å². The van der Waals surface area contributed by atoms with Gasteiger partial charge in [0.2, 0.25) is 0 Å². The van der Waals surface area contributed by atoms with Crippen molar-refractivity contribution in [3.63, 3.8) is 0 Å². The van der Waals surface area contributed by atoms with E-state index in [4.69, 9.17) is 5.73 Å². The minimum atomic E-state index is -1.07. The lowest BCUT2D eigenvalue weighted by Gasteiger charge is -2.06. The number of carbonyl (C=O) groups is 1. The number of aromatic nitrogens is 1. The molecule has 0 bridgehead atoms. The highest BCUT2D eigenvalue weighted by Crippen LogP contribution is 2.20. The Balaban J connectivity index is 2.34. The maximum Gasteiger partial charge on any atom is 0.263 e. The zero-order valence-corrected chi connectivity index (χ0v) is 9.22. The fraction of sp³-hybridized carbons (Fsp3) is 0. The molecule has 0 saturated heterocycles. The van der Waals surface area contributed by atoms with Gasteiger partial charge in [0.15, 0.2) is 10.9 Å². The first-order valence-electron chi connectivity index (χ1n) is 4.54. The van der Waals surface area contributed by atoms with Crippen molar-refractivity contribution in [1.29, 1.82) is 0 Å². The maximum atomic E-state index is 13.5. The molecule has 0 saturated carbocycles. The molecule has 2 rings (SSSR count). The first-order chi connectivity index (χ1) is 8.09. The van der Waals surface area contributed by atoms with Gasteiger partial charge in [-0.05, 0) is 12.1 Å². The Bertz CT molecular complexity index is 557. The summed E-state index contributed by atoms with van der Waals surface area (Å²) in [5, 5.41) is 4.17. The Hall–Kier alpha value is -2.02. The van der Waals surface area contributed by atoms with Crippen LogP contribution in [0.25, 0.3) is 0 Å². The first-order valence-corrected chi connectivity index (χ1v) is 5.42. The van der Waals surface area contributed by atoms with Crippen LogP contribution in [0.4, 0.5) is 19.6 Å². The molecular weight excluding hydrogens is 248 g/mol. The van der Waals surface area contributed by atoms with E-state index in [1.807, 2.05) is 0 Å². The van der Waals surface area contributed by atoms with Crippen molar-refractivity contribution >= 4 is 28.1 Å². The van der Waals surface area contributed by atoms with Crippen molar-refractivity contribution in [2.75, 3.05) is 11.1 Å². The summed E-state index contributed by atoms with van der Waals surface area (Å²) < 4.78 is 26.8. The van der Waals surface area contributed by atoms with Crippen LogP contribution in [0, 0.1) is 11.6 Å². The minimum absolute atomic E-state index is 0.260. The number of nitrogens with two attached hydrogens (primary N) is 1. The normalized spacial score (nSPS) is 10.2. The molecule has 17 heavy (non-hydrogen) atoms. The van der Waals surface area contributed by atoms with Crippen LogP contribution in [0.15, 0.2) is 23.7 Å². The smallest absolute Gasteiger partial charge is 0.263 e. The van der Waals surface area contributed by atoms with E-state index in [2.05, 4.69) is 10.3 Å². The molecule has 1 amide bonds. The van der Waals surface area contributed by atoms with Gasteiger partial charge in [0.1, 0.15) is 11.4 Å². The van der Waals surface area contributed by atoms with E-state index in [1.165, 1.54) is 6.20 Å². The third kappa shape index (κ3) is 2.23. The lowest BCUT2D eigenvalue weighted by atomic mass is 10.1. The summed E-state index contributed by atoms with van der Waals surface area (Å²) in [6, 6.07) is 2.00. The van der Waals surface area contributed by atoms with Crippen molar-refractivity contribution in [3.8, 4) is 0 Å². The molecule has 0 radical (unpaired) electrons. The minimum Gasteiger partial charge on any atom is -0.396 e. The van der Waals surface area contributed by atoms with E-state index < -0.39 is 23.1 Å². The Kier molecular flexibility index (Phi) is 3.01. The Morgan fingerprint density at radius 1 is 1.41 bits per heavy atom. The molecule has 7 heteroatoms. The van der Waals surface area contributed by atoms with E-state index in [1.54, 1.807) is 5.38 Å². The maximum absolute atomic E-state index is 13.5. The second-order valence-electron chi connectivity index (χ2n) is 3.12. The fourth-order valence-corrected chi connectivity index (χ4v) is 1.75. The standard InChI is InChI=1S/C10H7F2N3OS/c11-5-1-2-6(13)8(12)7(5)9(16)15-10-14-3-4-17-10/h1-4H,13H2,(H,14,15,16). The molecule has 1 aromatic heterocycles. The molecule has 2 aromatic rings. The molecule has 0 aliphatic rings. The van der Waals surface area contributed by atoms with Crippen LogP contribution in [0.2, 0.25) is 0 Å². The summed E-state index contributed by atoms with van der Waals surface area (Å²) in [5.41, 5.74) is 4.28. The number of amides is 1. The summed E-state index contributed by atoms with van der Waals surface area (Å²) in [6.45, 7) is 0. The molecule has 88 valence electrons.